The number of ether oxygens (including phenoxy) is 1. The number of nitrogens with zero attached hydrogens (tertiary/aromatic N) is 4. The second kappa shape index (κ2) is 6.54. The van der Waals surface area contributed by atoms with Gasteiger partial charge in [-0.15, -0.1) is 0 Å². The smallest absolute Gasteiger partial charge is 0.270 e. The molecule has 0 aromatic carbocycles. The monoisotopic (exact) mass is 317 g/mol. The second-order valence-corrected chi connectivity index (χ2v) is 5.97. The molecule has 0 aliphatic heterocycles. The van der Waals surface area contributed by atoms with E-state index in [4.69, 9.17) is 4.74 Å². The molecule has 0 spiro atoms. The average molecular weight is 317 g/mol. The van der Waals surface area contributed by atoms with Crippen molar-refractivity contribution in [1.29, 1.82) is 0 Å². The van der Waals surface area contributed by atoms with Gasteiger partial charge in [0.2, 0.25) is 0 Å². The molecule has 1 N–H and O–H groups in total. The van der Waals surface area contributed by atoms with E-state index < -0.39 is 0 Å². The molecule has 0 bridgehead atoms. The van der Waals surface area contributed by atoms with Crippen molar-refractivity contribution < 1.29 is 9.53 Å². The summed E-state index contributed by atoms with van der Waals surface area (Å²) < 4.78 is 8.73. The first-order valence-electron chi connectivity index (χ1n) is 7.94. The van der Waals surface area contributed by atoms with Crippen molar-refractivity contribution >= 4 is 5.91 Å². The van der Waals surface area contributed by atoms with Crippen molar-refractivity contribution in [1.82, 2.24) is 24.9 Å². The summed E-state index contributed by atoms with van der Waals surface area (Å²) in [6.07, 6.45) is 5.86. The first-order chi connectivity index (χ1) is 11.1. The summed E-state index contributed by atoms with van der Waals surface area (Å²) in [5, 5.41) is 11.8. The molecule has 0 fully saturated rings. The van der Waals surface area contributed by atoms with Crippen molar-refractivity contribution in [2.24, 2.45) is 14.1 Å². The summed E-state index contributed by atoms with van der Waals surface area (Å²) in [5.74, 6) is -0.105. The van der Waals surface area contributed by atoms with Gasteiger partial charge in [0.05, 0.1) is 24.0 Å². The fourth-order valence-corrected chi connectivity index (χ4v) is 3.29. The third kappa shape index (κ3) is 3.01. The van der Waals surface area contributed by atoms with Crippen LogP contribution in [-0.4, -0.2) is 39.2 Å². The molecule has 2 aromatic heterocycles. The predicted molar refractivity (Wildman–Crippen MR) is 85.1 cm³/mol. The number of carbonyl (C=O) groups excluding carboxylic acids is 1. The number of hydrogen-bond donors (Lipinski definition) is 1. The Morgan fingerprint density at radius 2 is 2.13 bits per heavy atom. The molecule has 1 aliphatic rings. The summed E-state index contributed by atoms with van der Waals surface area (Å²) in [7, 11) is 5.32. The number of aryl methyl sites for hydroxylation is 3. The number of amides is 1. The van der Waals surface area contributed by atoms with Gasteiger partial charge in [-0.25, -0.2) is 0 Å². The molecule has 7 heteroatoms. The molecule has 1 unspecified atom stereocenters. The molecule has 1 amide bonds. The predicted octanol–water partition coefficient (Wildman–Crippen LogP) is 1.15. The topological polar surface area (TPSA) is 74.0 Å². The number of hydrogen-bond acceptors (Lipinski definition) is 4. The summed E-state index contributed by atoms with van der Waals surface area (Å²) >= 11 is 0. The molecule has 0 saturated heterocycles. The molecule has 2 aromatic rings. The lowest BCUT2D eigenvalue weighted by Gasteiger charge is -2.19. The van der Waals surface area contributed by atoms with E-state index in [2.05, 4.69) is 15.5 Å². The first-order valence-corrected chi connectivity index (χ1v) is 7.94. The highest BCUT2D eigenvalue weighted by molar-refractivity contribution is 5.94. The Morgan fingerprint density at radius 3 is 2.83 bits per heavy atom. The maximum Gasteiger partial charge on any atom is 0.270 e. The van der Waals surface area contributed by atoms with Crippen molar-refractivity contribution in [3.8, 4) is 0 Å². The van der Waals surface area contributed by atoms with Crippen LogP contribution in [0.25, 0.3) is 0 Å². The van der Waals surface area contributed by atoms with E-state index >= 15 is 0 Å². The van der Waals surface area contributed by atoms with Gasteiger partial charge in [-0.3, -0.25) is 14.2 Å². The van der Waals surface area contributed by atoms with Crippen LogP contribution in [0.5, 0.6) is 0 Å². The van der Waals surface area contributed by atoms with Gasteiger partial charge in [0.25, 0.3) is 5.91 Å². The molecule has 7 nitrogen and oxygen atoms in total. The average Bonchev–Trinajstić information content (AvgIpc) is 3.09. The highest BCUT2D eigenvalue weighted by Gasteiger charge is 2.26. The van der Waals surface area contributed by atoms with Crippen molar-refractivity contribution in [2.75, 3.05) is 13.7 Å². The molecular formula is C16H23N5O2. The molecule has 0 radical (unpaired) electrons. The van der Waals surface area contributed by atoms with Crippen LogP contribution in [-0.2, 0) is 31.7 Å². The minimum atomic E-state index is -0.242. The maximum absolute atomic E-state index is 12.8. The summed E-state index contributed by atoms with van der Waals surface area (Å²) in [6.45, 7) is 0.394. The van der Waals surface area contributed by atoms with Gasteiger partial charge in [-0.1, -0.05) is 0 Å². The first kappa shape index (κ1) is 15.7. The normalized spacial score (nSPS) is 15.3. The van der Waals surface area contributed by atoms with Gasteiger partial charge in [0.1, 0.15) is 5.69 Å². The van der Waals surface area contributed by atoms with Crippen LogP contribution in [0.4, 0.5) is 0 Å². The Balaban J connectivity index is 1.85. The van der Waals surface area contributed by atoms with Gasteiger partial charge in [0, 0.05) is 33.0 Å². The molecule has 0 saturated carbocycles. The Morgan fingerprint density at radius 1 is 1.35 bits per heavy atom. The maximum atomic E-state index is 12.8. The minimum absolute atomic E-state index is 0.105. The minimum Gasteiger partial charge on any atom is -0.382 e. The third-order valence-corrected chi connectivity index (χ3v) is 4.39. The molecule has 23 heavy (non-hydrogen) atoms. The summed E-state index contributed by atoms with van der Waals surface area (Å²) in [6, 6.07) is 1.65. The third-order valence-electron chi connectivity index (χ3n) is 4.39. The fraction of sp³-hybridized carbons (Fsp3) is 0.562. The Kier molecular flexibility index (Phi) is 4.47. The van der Waals surface area contributed by atoms with Gasteiger partial charge in [0.15, 0.2) is 0 Å². The number of methoxy groups -OCH3 is 1. The Labute approximate surface area is 135 Å². The Bertz CT molecular complexity index is 703. The highest BCUT2D eigenvalue weighted by atomic mass is 16.5. The van der Waals surface area contributed by atoms with Gasteiger partial charge < -0.3 is 10.1 Å². The molecule has 1 aliphatic carbocycles. The number of nitrogens with one attached hydrogen (secondary N) is 1. The number of rotatable bonds is 5. The van der Waals surface area contributed by atoms with E-state index in [-0.39, 0.29) is 11.9 Å². The van der Waals surface area contributed by atoms with Crippen LogP contribution >= 0.6 is 0 Å². The molecule has 3 rings (SSSR count). The standard InChI is InChI=1S/C16H23N5O2/c1-20-14(8-9-17-20)13(10-23-3)18-16(22)15-11-6-4-5-7-12(11)19-21(15)2/h8-9,13H,4-7,10H2,1-3H3,(H,18,22). The van der Waals surface area contributed by atoms with Gasteiger partial charge in [-0.05, 0) is 31.7 Å². The summed E-state index contributed by atoms with van der Waals surface area (Å²) in [5.41, 5.74) is 3.74. The van der Waals surface area contributed by atoms with Crippen LogP contribution in [0.2, 0.25) is 0 Å². The lowest BCUT2D eigenvalue weighted by Crippen LogP contribution is -2.34. The fourth-order valence-electron chi connectivity index (χ4n) is 3.29. The van der Waals surface area contributed by atoms with Crippen molar-refractivity contribution in [3.05, 3.63) is 34.9 Å². The van der Waals surface area contributed by atoms with E-state index in [9.17, 15) is 4.79 Å². The quantitative estimate of drug-likeness (QED) is 0.898. The van der Waals surface area contributed by atoms with Crippen LogP contribution in [0, 0.1) is 0 Å². The molecule has 2 heterocycles. The van der Waals surface area contributed by atoms with Crippen molar-refractivity contribution in [2.45, 2.75) is 31.7 Å². The zero-order valence-electron chi connectivity index (χ0n) is 13.9. The largest absolute Gasteiger partial charge is 0.382 e. The zero-order valence-corrected chi connectivity index (χ0v) is 13.9. The number of aromatic nitrogens is 4. The summed E-state index contributed by atoms with van der Waals surface area (Å²) in [4.78, 5) is 12.8. The van der Waals surface area contributed by atoms with Crippen LogP contribution in [0.1, 0.15) is 46.3 Å². The highest BCUT2D eigenvalue weighted by Crippen LogP contribution is 2.24. The lowest BCUT2D eigenvalue weighted by molar-refractivity contribution is 0.0882. The van der Waals surface area contributed by atoms with Gasteiger partial charge in [-0.2, -0.15) is 10.2 Å². The zero-order chi connectivity index (χ0) is 16.4. The lowest BCUT2D eigenvalue weighted by atomic mass is 9.95. The number of fused-ring (bicyclic) bond motifs is 1. The van der Waals surface area contributed by atoms with Crippen molar-refractivity contribution in [3.63, 3.8) is 0 Å². The Hall–Kier alpha value is -2.15. The number of carbonyl (C=O) groups is 1. The van der Waals surface area contributed by atoms with E-state index in [1.807, 2.05) is 20.2 Å². The van der Waals surface area contributed by atoms with E-state index in [1.165, 1.54) is 0 Å². The molecule has 1 atom stereocenters. The van der Waals surface area contributed by atoms with Crippen LogP contribution in [0.3, 0.4) is 0 Å². The van der Waals surface area contributed by atoms with Crippen LogP contribution < -0.4 is 5.32 Å². The van der Waals surface area contributed by atoms with E-state index in [1.54, 1.807) is 22.7 Å². The van der Waals surface area contributed by atoms with E-state index in [0.717, 1.165) is 42.6 Å². The molecule has 124 valence electrons. The van der Waals surface area contributed by atoms with E-state index in [0.29, 0.717) is 12.3 Å². The van der Waals surface area contributed by atoms with Gasteiger partial charge >= 0.3 is 0 Å². The second-order valence-electron chi connectivity index (χ2n) is 5.97. The SMILES string of the molecule is COCC(NC(=O)c1c2c(nn1C)CCCC2)c1ccnn1C. The van der Waals surface area contributed by atoms with Crippen LogP contribution in [0.15, 0.2) is 12.3 Å². The molecular weight excluding hydrogens is 294 g/mol.